The Bertz CT molecular complexity index is 260. The van der Waals surface area contributed by atoms with Gasteiger partial charge in [0.05, 0.1) is 9.48 Å². The van der Waals surface area contributed by atoms with E-state index in [0.29, 0.717) is 0 Å². The molecule has 1 aromatic heterocycles. The fourth-order valence-corrected chi connectivity index (χ4v) is 2.58. The number of anilines is 1. The fourth-order valence-electron chi connectivity index (χ4n) is 1.14. The van der Waals surface area contributed by atoms with E-state index in [9.17, 15) is 0 Å². The number of nitrogens with one attached hydrogen (secondary N) is 1. The zero-order valence-electron chi connectivity index (χ0n) is 8.06. The van der Waals surface area contributed by atoms with Crippen LogP contribution in [0.3, 0.4) is 0 Å². The van der Waals surface area contributed by atoms with E-state index < -0.39 is 0 Å². The van der Waals surface area contributed by atoms with Gasteiger partial charge in [-0.1, -0.05) is 31.1 Å². The lowest BCUT2D eigenvalue weighted by atomic mass is 10.2. The SMILES string of the molecule is CCCCCc1nc(NC)sc1Br. The molecule has 1 aromatic rings. The molecule has 0 aromatic carbocycles. The summed E-state index contributed by atoms with van der Waals surface area (Å²) < 4.78 is 1.17. The molecule has 1 heterocycles. The molecular formula is C9H15BrN2S. The molecule has 0 aliphatic rings. The highest BCUT2D eigenvalue weighted by molar-refractivity contribution is 9.11. The molecule has 13 heavy (non-hydrogen) atoms. The third kappa shape index (κ3) is 3.27. The lowest BCUT2D eigenvalue weighted by Crippen LogP contribution is -1.89. The van der Waals surface area contributed by atoms with E-state index in [1.54, 1.807) is 11.3 Å². The number of unbranched alkanes of at least 4 members (excludes halogenated alkanes) is 2. The van der Waals surface area contributed by atoms with Crippen LogP contribution in [-0.4, -0.2) is 12.0 Å². The molecule has 0 fully saturated rings. The van der Waals surface area contributed by atoms with Crippen LogP contribution < -0.4 is 5.32 Å². The Kier molecular flexibility index (Phi) is 4.73. The molecule has 4 heteroatoms. The summed E-state index contributed by atoms with van der Waals surface area (Å²) in [4.78, 5) is 4.46. The zero-order valence-corrected chi connectivity index (χ0v) is 10.5. The van der Waals surface area contributed by atoms with E-state index in [-0.39, 0.29) is 0 Å². The molecule has 0 atom stereocenters. The smallest absolute Gasteiger partial charge is 0.183 e. The average Bonchev–Trinajstić information content (AvgIpc) is 2.48. The van der Waals surface area contributed by atoms with E-state index in [1.807, 2.05) is 7.05 Å². The maximum Gasteiger partial charge on any atom is 0.183 e. The van der Waals surface area contributed by atoms with Crippen molar-refractivity contribution in [3.8, 4) is 0 Å². The summed E-state index contributed by atoms with van der Waals surface area (Å²) >= 11 is 5.19. The van der Waals surface area contributed by atoms with Crippen molar-refractivity contribution in [2.75, 3.05) is 12.4 Å². The van der Waals surface area contributed by atoms with Gasteiger partial charge in [-0.15, -0.1) is 0 Å². The predicted molar refractivity (Wildman–Crippen MR) is 62.6 cm³/mol. The Morgan fingerprint density at radius 3 is 2.77 bits per heavy atom. The minimum atomic E-state index is 0.998. The van der Waals surface area contributed by atoms with Gasteiger partial charge in [-0.3, -0.25) is 0 Å². The highest BCUT2D eigenvalue weighted by Gasteiger charge is 2.06. The molecule has 0 amide bonds. The van der Waals surface area contributed by atoms with Crippen molar-refractivity contribution in [3.63, 3.8) is 0 Å². The van der Waals surface area contributed by atoms with Gasteiger partial charge in [-0.25, -0.2) is 4.98 Å². The summed E-state index contributed by atoms with van der Waals surface area (Å²) in [6, 6.07) is 0. The first-order valence-corrected chi connectivity index (χ1v) is 6.21. The minimum Gasteiger partial charge on any atom is -0.365 e. The van der Waals surface area contributed by atoms with Crippen LogP contribution in [0, 0.1) is 0 Å². The molecule has 2 nitrogen and oxygen atoms in total. The average molecular weight is 263 g/mol. The maximum absolute atomic E-state index is 4.46. The largest absolute Gasteiger partial charge is 0.365 e. The second kappa shape index (κ2) is 5.60. The van der Waals surface area contributed by atoms with Crippen LogP contribution >= 0.6 is 27.3 Å². The summed E-state index contributed by atoms with van der Waals surface area (Å²) in [7, 11) is 1.90. The Morgan fingerprint density at radius 1 is 1.46 bits per heavy atom. The second-order valence-corrected chi connectivity index (χ2v) is 5.26. The number of nitrogens with zero attached hydrogens (tertiary/aromatic N) is 1. The van der Waals surface area contributed by atoms with Gasteiger partial charge in [-0.05, 0) is 28.8 Å². The number of hydrogen-bond donors (Lipinski definition) is 1. The van der Waals surface area contributed by atoms with Gasteiger partial charge in [0.15, 0.2) is 5.13 Å². The molecule has 1 N–H and O–H groups in total. The summed E-state index contributed by atoms with van der Waals surface area (Å²) in [5.74, 6) is 0. The van der Waals surface area contributed by atoms with Crippen LogP contribution in [0.5, 0.6) is 0 Å². The lowest BCUT2D eigenvalue weighted by molar-refractivity contribution is 0.708. The van der Waals surface area contributed by atoms with Crippen molar-refractivity contribution in [1.29, 1.82) is 0 Å². The first-order valence-electron chi connectivity index (χ1n) is 4.61. The molecule has 0 unspecified atom stereocenters. The highest BCUT2D eigenvalue weighted by Crippen LogP contribution is 2.29. The van der Waals surface area contributed by atoms with Crippen LogP contribution in [0.2, 0.25) is 0 Å². The maximum atomic E-state index is 4.46. The minimum absolute atomic E-state index is 0.998. The molecule has 0 aliphatic carbocycles. The molecule has 0 radical (unpaired) electrons. The first kappa shape index (κ1) is 11.0. The number of hydrogen-bond acceptors (Lipinski definition) is 3. The quantitative estimate of drug-likeness (QED) is 0.820. The van der Waals surface area contributed by atoms with Crippen LogP contribution in [-0.2, 0) is 6.42 Å². The van der Waals surface area contributed by atoms with Crippen molar-refractivity contribution < 1.29 is 0 Å². The summed E-state index contributed by atoms with van der Waals surface area (Å²) in [5, 5.41) is 4.05. The molecule has 74 valence electrons. The Labute approximate surface area is 91.9 Å². The van der Waals surface area contributed by atoms with Gasteiger partial charge < -0.3 is 5.32 Å². The third-order valence-electron chi connectivity index (χ3n) is 1.88. The number of rotatable bonds is 5. The first-order chi connectivity index (χ1) is 6.27. The van der Waals surface area contributed by atoms with Gasteiger partial charge in [0.2, 0.25) is 0 Å². The summed E-state index contributed by atoms with van der Waals surface area (Å²) in [6.07, 6.45) is 4.88. The number of aromatic nitrogens is 1. The van der Waals surface area contributed by atoms with Crippen molar-refractivity contribution in [1.82, 2.24) is 4.98 Å². The summed E-state index contributed by atoms with van der Waals surface area (Å²) in [5.41, 5.74) is 1.20. The monoisotopic (exact) mass is 262 g/mol. The van der Waals surface area contributed by atoms with Crippen molar-refractivity contribution >= 4 is 32.4 Å². The van der Waals surface area contributed by atoms with Crippen molar-refractivity contribution in [2.24, 2.45) is 0 Å². The van der Waals surface area contributed by atoms with E-state index in [2.05, 4.69) is 33.2 Å². The fraction of sp³-hybridized carbons (Fsp3) is 0.667. The third-order valence-corrected chi connectivity index (χ3v) is 3.73. The second-order valence-electron chi connectivity index (χ2n) is 2.95. The van der Waals surface area contributed by atoms with E-state index in [1.165, 1.54) is 28.7 Å². The Morgan fingerprint density at radius 2 is 2.23 bits per heavy atom. The normalized spacial score (nSPS) is 10.4. The molecular weight excluding hydrogens is 248 g/mol. The molecule has 1 rings (SSSR count). The number of halogens is 1. The van der Waals surface area contributed by atoms with Crippen LogP contribution in [0.4, 0.5) is 5.13 Å². The van der Waals surface area contributed by atoms with E-state index in [0.717, 1.165) is 11.6 Å². The lowest BCUT2D eigenvalue weighted by Gasteiger charge is -1.95. The predicted octanol–water partition coefficient (Wildman–Crippen LogP) is 3.68. The van der Waals surface area contributed by atoms with Gasteiger partial charge in [0, 0.05) is 7.05 Å². The Hall–Kier alpha value is -0.0900. The molecule has 0 bridgehead atoms. The van der Waals surface area contributed by atoms with Gasteiger partial charge in [-0.2, -0.15) is 0 Å². The van der Waals surface area contributed by atoms with E-state index in [4.69, 9.17) is 0 Å². The van der Waals surface area contributed by atoms with Crippen LogP contribution in [0.1, 0.15) is 31.9 Å². The standard InChI is InChI=1S/C9H15BrN2S/c1-3-4-5-6-7-8(10)13-9(11-2)12-7/h3-6H2,1-2H3,(H,11,12). The van der Waals surface area contributed by atoms with Gasteiger partial charge in [0.1, 0.15) is 0 Å². The van der Waals surface area contributed by atoms with Crippen LogP contribution in [0.25, 0.3) is 0 Å². The molecule has 0 saturated carbocycles. The van der Waals surface area contributed by atoms with Gasteiger partial charge >= 0.3 is 0 Å². The molecule has 0 spiro atoms. The molecule has 0 saturated heterocycles. The highest BCUT2D eigenvalue weighted by atomic mass is 79.9. The van der Waals surface area contributed by atoms with Crippen LogP contribution in [0.15, 0.2) is 3.79 Å². The van der Waals surface area contributed by atoms with E-state index >= 15 is 0 Å². The van der Waals surface area contributed by atoms with Crippen molar-refractivity contribution in [2.45, 2.75) is 32.6 Å². The Balaban J connectivity index is 2.50. The zero-order chi connectivity index (χ0) is 9.68. The topological polar surface area (TPSA) is 24.9 Å². The van der Waals surface area contributed by atoms with Crippen molar-refractivity contribution in [3.05, 3.63) is 9.48 Å². The number of aryl methyl sites for hydroxylation is 1. The molecule has 0 aliphatic heterocycles. The number of thiazole rings is 1. The van der Waals surface area contributed by atoms with Gasteiger partial charge in [0.25, 0.3) is 0 Å². The summed E-state index contributed by atoms with van der Waals surface area (Å²) in [6.45, 7) is 2.22.